The molecule has 0 bridgehead atoms. The Labute approximate surface area is 106 Å². The molecule has 2 aromatic rings. The summed E-state index contributed by atoms with van der Waals surface area (Å²) in [5, 5.41) is 1.24. The molecule has 2 nitrogen and oxygen atoms in total. The molecule has 0 fully saturated rings. The topological polar surface area (TPSA) is 13.1 Å². The second-order valence-corrected chi connectivity index (χ2v) is 5.40. The SMILES string of the molecule is COC(c1ccccc1)c1sc(C)c(C)[n+]1C. The minimum atomic E-state index is 0.0265. The van der Waals surface area contributed by atoms with Crippen LogP contribution in [-0.2, 0) is 11.8 Å². The van der Waals surface area contributed by atoms with E-state index in [0.29, 0.717) is 0 Å². The zero-order valence-corrected chi connectivity index (χ0v) is 11.5. The largest absolute Gasteiger partial charge is 0.365 e. The number of methoxy groups -OCH3 is 1. The van der Waals surface area contributed by atoms with Crippen molar-refractivity contribution < 1.29 is 9.30 Å². The zero-order chi connectivity index (χ0) is 12.4. The third kappa shape index (κ3) is 2.26. The molecule has 0 saturated carbocycles. The van der Waals surface area contributed by atoms with E-state index in [4.69, 9.17) is 4.74 Å². The van der Waals surface area contributed by atoms with E-state index in [1.165, 1.54) is 21.1 Å². The molecule has 1 unspecified atom stereocenters. The molecule has 0 radical (unpaired) electrons. The number of hydrogen-bond donors (Lipinski definition) is 0. The molecule has 0 saturated heterocycles. The number of aromatic nitrogens is 1. The van der Waals surface area contributed by atoms with Gasteiger partial charge in [-0.25, -0.2) is 0 Å². The van der Waals surface area contributed by atoms with Gasteiger partial charge in [0.15, 0.2) is 11.8 Å². The van der Waals surface area contributed by atoms with Gasteiger partial charge >= 0.3 is 0 Å². The minimum absolute atomic E-state index is 0.0265. The Balaban J connectivity index is 2.46. The summed E-state index contributed by atoms with van der Waals surface area (Å²) in [6.07, 6.45) is 0.0265. The van der Waals surface area contributed by atoms with Crippen LogP contribution in [0.1, 0.15) is 27.2 Å². The van der Waals surface area contributed by atoms with Crippen LogP contribution >= 0.6 is 11.3 Å². The predicted molar refractivity (Wildman–Crippen MR) is 70.3 cm³/mol. The maximum Gasteiger partial charge on any atom is 0.271 e. The first-order valence-electron chi connectivity index (χ1n) is 5.68. The fraction of sp³-hybridized carbons (Fsp3) is 0.357. The van der Waals surface area contributed by atoms with Crippen LogP contribution in [0, 0.1) is 13.8 Å². The maximum absolute atomic E-state index is 5.66. The van der Waals surface area contributed by atoms with E-state index in [-0.39, 0.29) is 6.10 Å². The number of thiazole rings is 1. The van der Waals surface area contributed by atoms with Crippen molar-refractivity contribution in [2.45, 2.75) is 20.0 Å². The molecule has 90 valence electrons. The van der Waals surface area contributed by atoms with Crippen molar-refractivity contribution in [3.8, 4) is 0 Å². The second-order valence-electron chi connectivity index (χ2n) is 4.17. The quantitative estimate of drug-likeness (QED) is 0.761. The standard InChI is InChI=1S/C14H18NOS/c1-10-11(2)17-14(15(10)3)13(16-4)12-8-6-5-7-9-12/h5-9,13H,1-4H3/q+1. The van der Waals surface area contributed by atoms with Gasteiger partial charge in [-0.15, -0.1) is 0 Å². The fourth-order valence-corrected chi connectivity index (χ4v) is 3.15. The molecule has 0 N–H and O–H groups in total. The summed E-state index contributed by atoms with van der Waals surface area (Å²) in [4.78, 5) is 1.35. The van der Waals surface area contributed by atoms with Crippen molar-refractivity contribution >= 4 is 11.3 Å². The first kappa shape index (κ1) is 12.3. The third-order valence-electron chi connectivity index (χ3n) is 3.16. The van der Waals surface area contributed by atoms with Gasteiger partial charge in [0.05, 0.1) is 4.88 Å². The normalized spacial score (nSPS) is 12.7. The molecule has 1 heterocycles. The van der Waals surface area contributed by atoms with Crippen molar-refractivity contribution in [3.05, 3.63) is 51.5 Å². The Hall–Kier alpha value is -1.19. The first-order chi connectivity index (χ1) is 8.15. The van der Waals surface area contributed by atoms with Gasteiger partial charge < -0.3 is 4.74 Å². The van der Waals surface area contributed by atoms with Crippen molar-refractivity contribution in [1.29, 1.82) is 0 Å². The molecular formula is C14H18NOS+. The lowest BCUT2D eigenvalue weighted by atomic mass is 10.1. The van der Waals surface area contributed by atoms with E-state index in [1.807, 2.05) is 6.07 Å². The maximum atomic E-state index is 5.66. The van der Waals surface area contributed by atoms with E-state index in [0.717, 1.165) is 0 Å². The van der Waals surface area contributed by atoms with E-state index in [1.54, 1.807) is 18.4 Å². The number of ether oxygens (including phenoxy) is 1. The Bertz CT molecular complexity index is 504. The minimum Gasteiger partial charge on any atom is -0.365 e. The number of aryl methyl sites for hydroxylation is 1. The van der Waals surface area contributed by atoms with Crippen LogP contribution in [0.4, 0.5) is 0 Å². The smallest absolute Gasteiger partial charge is 0.271 e. The van der Waals surface area contributed by atoms with Gasteiger partial charge in [-0.2, -0.15) is 4.57 Å². The molecule has 1 aromatic heterocycles. The van der Waals surface area contributed by atoms with Crippen LogP contribution in [0.25, 0.3) is 0 Å². The molecule has 1 aromatic carbocycles. The van der Waals surface area contributed by atoms with Gasteiger partial charge in [-0.1, -0.05) is 41.7 Å². The lowest BCUT2D eigenvalue weighted by Gasteiger charge is -2.10. The third-order valence-corrected chi connectivity index (χ3v) is 4.46. The molecule has 1 atom stereocenters. The molecule has 17 heavy (non-hydrogen) atoms. The van der Waals surface area contributed by atoms with E-state index in [2.05, 4.69) is 49.7 Å². The van der Waals surface area contributed by atoms with Crippen LogP contribution in [0.2, 0.25) is 0 Å². The molecular weight excluding hydrogens is 230 g/mol. The summed E-state index contributed by atoms with van der Waals surface area (Å²) in [5.74, 6) is 0. The van der Waals surface area contributed by atoms with Crippen molar-refractivity contribution in [1.82, 2.24) is 0 Å². The van der Waals surface area contributed by atoms with Gasteiger partial charge in [0.2, 0.25) is 0 Å². The molecule has 0 aliphatic heterocycles. The molecule has 0 spiro atoms. The number of hydrogen-bond acceptors (Lipinski definition) is 2. The first-order valence-corrected chi connectivity index (χ1v) is 6.50. The summed E-state index contributed by atoms with van der Waals surface area (Å²) in [5.41, 5.74) is 2.51. The average Bonchev–Trinajstić information content (AvgIpc) is 2.60. The highest BCUT2D eigenvalue weighted by Crippen LogP contribution is 2.28. The molecule has 3 heteroatoms. The van der Waals surface area contributed by atoms with E-state index in [9.17, 15) is 0 Å². The van der Waals surface area contributed by atoms with Crippen molar-refractivity contribution in [2.75, 3.05) is 7.11 Å². The summed E-state index contributed by atoms with van der Waals surface area (Å²) in [7, 11) is 3.87. The Morgan fingerprint density at radius 1 is 1.18 bits per heavy atom. The Kier molecular flexibility index (Phi) is 3.60. The van der Waals surface area contributed by atoms with Crippen LogP contribution in [0.5, 0.6) is 0 Å². The van der Waals surface area contributed by atoms with E-state index >= 15 is 0 Å². The summed E-state index contributed by atoms with van der Waals surface area (Å²) in [6, 6.07) is 10.3. The van der Waals surface area contributed by atoms with E-state index < -0.39 is 0 Å². The summed E-state index contributed by atoms with van der Waals surface area (Å²) >= 11 is 1.81. The lowest BCUT2D eigenvalue weighted by molar-refractivity contribution is -0.683. The van der Waals surface area contributed by atoms with Gasteiger partial charge in [0.1, 0.15) is 7.05 Å². The van der Waals surface area contributed by atoms with Gasteiger partial charge in [0, 0.05) is 14.0 Å². The molecule has 2 rings (SSSR count). The summed E-state index contributed by atoms with van der Waals surface area (Å²) in [6.45, 7) is 4.30. The van der Waals surface area contributed by atoms with Gasteiger partial charge in [0.25, 0.3) is 5.01 Å². The molecule has 0 aliphatic rings. The molecule has 0 aliphatic carbocycles. The lowest BCUT2D eigenvalue weighted by Crippen LogP contribution is -2.35. The second kappa shape index (κ2) is 4.98. The highest BCUT2D eigenvalue weighted by atomic mass is 32.1. The number of nitrogens with zero attached hydrogens (tertiary/aromatic N) is 1. The average molecular weight is 248 g/mol. The van der Waals surface area contributed by atoms with Crippen LogP contribution in [0.15, 0.2) is 30.3 Å². The zero-order valence-electron chi connectivity index (χ0n) is 10.7. The predicted octanol–water partition coefficient (Wildman–Crippen LogP) is 2.93. The Morgan fingerprint density at radius 2 is 1.82 bits per heavy atom. The monoisotopic (exact) mass is 248 g/mol. The van der Waals surface area contributed by atoms with Gasteiger partial charge in [-0.3, -0.25) is 0 Å². The summed E-state index contributed by atoms with van der Waals surface area (Å²) < 4.78 is 7.88. The highest BCUT2D eigenvalue weighted by Gasteiger charge is 2.27. The fourth-order valence-electron chi connectivity index (χ4n) is 1.94. The highest BCUT2D eigenvalue weighted by molar-refractivity contribution is 7.11. The van der Waals surface area contributed by atoms with Crippen LogP contribution in [-0.4, -0.2) is 7.11 Å². The molecule has 0 amide bonds. The van der Waals surface area contributed by atoms with Crippen LogP contribution in [0.3, 0.4) is 0 Å². The van der Waals surface area contributed by atoms with Crippen molar-refractivity contribution in [3.63, 3.8) is 0 Å². The van der Waals surface area contributed by atoms with Crippen molar-refractivity contribution in [2.24, 2.45) is 7.05 Å². The number of rotatable bonds is 3. The number of benzene rings is 1. The Morgan fingerprint density at radius 3 is 2.29 bits per heavy atom. The van der Waals surface area contributed by atoms with Gasteiger partial charge in [-0.05, 0) is 12.5 Å². The van der Waals surface area contributed by atoms with Crippen LogP contribution < -0.4 is 4.57 Å².